The Morgan fingerprint density at radius 1 is 1.23 bits per heavy atom. The van der Waals surface area contributed by atoms with Crippen molar-refractivity contribution in [3.05, 3.63) is 57.1 Å². The van der Waals surface area contributed by atoms with Crippen LogP contribution < -0.4 is 5.32 Å². The molecule has 0 spiro atoms. The Morgan fingerprint density at radius 2 is 2.04 bits per heavy atom. The minimum Gasteiger partial charge on any atom is -0.379 e. The van der Waals surface area contributed by atoms with Crippen molar-refractivity contribution in [1.82, 2.24) is 10.2 Å². The highest BCUT2D eigenvalue weighted by Gasteiger charge is 2.25. The third kappa shape index (κ3) is 3.55. The fraction of sp³-hybridized carbons (Fsp3) is 0.350. The summed E-state index contributed by atoms with van der Waals surface area (Å²) in [6.45, 7) is 5.97. The van der Waals surface area contributed by atoms with Crippen LogP contribution in [0.15, 0.2) is 41.8 Å². The monoisotopic (exact) mass is 386 g/mol. The van der Waals surface area contributed by atoms with Crippen LogP contribution in [0.4, 0.5) is 0 Å². The number of rotatable bonds is 5. The van der Waals surface area contributed by atoms with E-state index in [-0.39, 0.29) is 11.9 Å². The molecule has 1 amide bonds. The minimum absolute atomic E-state index is 0.0264. The first-order valence-corrected chi connectivity index (χ1v) is 10.5. The normalized spacial score (nSPS) is 16.7. The molecule has 6 heteroatoms. The number of benzene rings is 1. The number of carbonyl (C=O) groups excluding carboxylic acids is 1. The number of hydrogen-bond acceptors (Lipinski definition) is 5. The van der Waals surface area contributed by atoms with Crippen LogP contribution in [0, 0.1) is 6.92 Å². The Bertz CT molecular complexity index is 882. The van der Waals surface area contributed by atoms with E-state index in [2.05, 4.69) is 39.9 Å². The number of aryl methyl sites for hydroxylation is 1. The summed E-state index contributed by atoms with van der Waals surface area (Å²) in [5, 5.41) is 6.45. The van der Waals surface area contributed by atoms with E-state index in [9.17, 15) is 4.79 Å². The number of fused-ring (bicyclic) bond motifs is 1. The van der Waals surface area contributed by atoms with Gasteiger partial charge in [0.2, 0.25) is 0 Å². The third-order valence-electron chi connectivity index (χ3n) is 4.86. The fourth-order valence-corrected chi connectivity index (χ4v) is 5.43. The molecule has 1 aliphatic heterocycles. The zero-order chi connectivity index (χ0) is 17.9. The molecule has 4 rings (SSSR count). The fourth-order valence-electron chi connectivity index (χ4n) is 3.44. The van der Waals surface area contributed by atoms with Gasteiger partial charge in [-0.05, 0) is 35.4 Å². The Balaban J connectivity index is 1.51. The highest BCUT2D eigenvalue weighted by atomic mass is 32.1. The predicted octanol–water partition coefficient (Wildman–Crippen LogP) is 4.07. The molecule has 0 radical (unpaired) electrons. The second-order valence-corrected chi connectivity index (χ2v) is 8.47. The van der Waals surface area contributed by atoms with Gasteiger partial charge in [-0.3, -0.25) is 9.69 Å². The van der Waals surface area contributed by atoms with Crippen LogP contribution in [0.1, 0.15) is 26.2 Å². The SMILES string of the molecule is Cc1c(C(=O)NCC(c2cccs2)N2CCOCC2)sc2ccccc12. The molecule has 136 valence electrons. The van der Waals surface area contributed by atoms with Crippen LogP contribution in [-0.4, -0.2) is 43.7 Å². The topological polar surface area (TPSA) is 41.6 Å². The summed E-state index contributed by atoms with van der Waals surface area (Å²) in [6.07, 6.45) is 0. The van der Waals surface area contributed by atoms with E-state index in [0.29, 0.717) is 6.54 Å². The molecule has 0 bridgehead atoms. The first-order chi connectivity index (χ1) is 12.7. The number of thiophene rings is 2. The quantitative estimate of drug-likeness (QED) is 0.719. The summed E-state index contributed by atoms with van der Waals surface area (Å²) >= 11 is 3.32. The largest absolute Gasteiger partial charge is 0.379 e. The Kier molecular flexibility index (Phi) is 5.36. The number of hydrogen-bond donors (Lipinski definition) is 1. The molecular weight excluding hydrogens is 364 g/mol. The minimum atomic E-state index is 0.0264. The van der Waals surface area contributed by atoms with E-state index in [1.165, 1.54) is 10.3 Å². The van der Waals surface area contributed by atoms with Crippen molar-refractivity contribution < 1.29 is 9.53 Å². The van der Waals surface area contributed by atoms with Crippen LogP contribution in [0.3, 0.4) is 0 Å². The van der Waals surface area contributed by atoms with E-state index in [4.69, 9.17) is 4.74 Å². The average molecular weight is 387 g/mol. The number of nitrogens with zero attached hydrogens (tertiary/aromatic N) is 1. The van der Waals surface area contributed by atoms with Crippen molar-refractivity contribution >= 4 is 38.7 Å². The second-order valence-electron chi connectivity index (χ2n) is 6.44. The van der Waals surface area contributed by atoms with Gasteiger partial charge in [0.05, 0.1) is 24.1 Å². The average Bonchev–Trinajstić information content (AvgIpc) is 3.32. The van der Waals surface area contributed by atoms with E-state index in [1.54, 1.807) is 22.7 Å². The molecule has 3 aromatic rings. The van der Waals surface area contributed by atoms with Crippen molar-refractivity contribution in [2.45, 2.75) is 13.0 Å². The molecule has 1 saturated heterocycles. The molecule has 0 aliphatic carbocycles. The van der Waals surface area contributed by atoms with Crippen LogP contribution in [-0.2, 0) is 4.74 Å². The van der Waals surface area contributed by atoms with E-state index in [0.717, 1.165) is 41.4 Å². The van der Waals surface area contributed by atoms with Crippen molar-refractivity contribution in [3.63, 3.8) is 0 Å². The maximum Gasteiger partial charge on any atom is 0.261 e. The molecule has 1 unspecified atom stereocenters. The number of amides is 1. The lowest BCUT2D eigenvalue weighted by molar-refractivity contribution is 0.0169. The molecule has 1 fully saturated rings. The number of morpholine rings is 1. The Morgan fingerprint density at radius 3 is 2.77 bits per heavy atom. The molecule has 4 nitrogen and oxygen atoms in total. The van der Waals surface area contributed by atoms with Gasteiger partial charge in [-0.15, -0.1) is 22.7 Å². The predicted molar refractivity (Wildman–Crippen MR) is 108 cm³/mol. The van der Waals surface area contributed by atoms with Gasteiger partial charge in [-0.2, -0.15) is 0 Å². The Hall–Kier alpha value is -1.73. The first-order valence-electron chi connectivity index (χ1n) is 8.85. The van der Waals surface area contributed by atoms with Crippen molar-refractivity contribution in [3.8, 4) is 0 Å². The van der Waals surface area contributed by atoms with Crippen LogP contribution >= 0.6 is 22.7 Å². The van der Waals surface area contributed by atoms with E-state index >= 15 is 0 Å². The highest BCUT2D eigenvalue weighted by Crippen LogP contribution is 2.31. The second kappa shape index (κ2) is 7.88. The molecule has 1 aliphatic rings. The lowest BCUT2D eigenvalue weighted by Crippen LogP contribution is -2.43. The van der Waals surface area contributed by atoms with E-state index in [1.807, 2.05) is 19.1 Å². The van der Waals surface area contributed by atoms with Crippen LogP contribution in [0.25, 0.3) is 10.1 Å². The van der Waals surface area contributed by atoms with Crippen LogP contribution in [0.5, 0.6) is 0 Å². The lowest BCUT2D eigenvalue weighted by atomic mass is 10.1. The smallest absolute Gasteiger partial charge is 0.261 e. The zero-order valence-corrected chi connectivity index (χ0v) is 16.4. The van der Waals surface area contributed by atoms with Gasteiger partial charge in [-0.25, -0.2) is 0 Å². The highest BCUT2D eigenvalue weighted by molar-refractivity contribution is 7.21. The molecule has 1 atom stereocenters. The summed E-state index contributed by atoms with van der Waals surface area (Å²) in [5.74, 6) is 0.0264. The van der Waals surface area contributed by atoms with Crippen molar-refractivity contribution in [2.75, 3.05) is 32.8 Å². The van der Waals surface area contributed by atoms with Gasteiger partial charge in [0.15, 0.2) is 0 Å². The molecule has 1 N–H and O–H groups in total. The summed E-state index contributed by atoms with van der Waals surface area (Å²) in [7, 11) is 0. The van der Waals surface area contributed by atoms with Crippen molar-refractivity contribution in [1.29, 1.82) is 0 Å². The summed E-state index contributed by atoms with van der Waals surface area (Å²) in [6, 6.07) is 12.6. The Labute approximate surface area is 161 Å². The van der Waals surface area contributed by atoms with Crippen molar-refractivity contribution in [2.24, 2.45) is 0 Å². The number of carbonyl (C=O) groups is 1. The third-order valence-corrected chi connectivity index (χ3v) is 7.11. The lowest BCUT2D eigenvalue weighted by Gasteiger charge is -2.34. The summed E-state index contributed by atoms with van der Waals surface area (Å²) in [4.78, 5) is 17.4. The van der Waals surface area contributed by atoms with Gasteiger partial charge in [0.25, 0.3) is 5.91 Å². The van der Waals surface area contributed by atoms with E-state index < -0.39 is 0 Å². The molecule has 26 heavy (non-hydrogen) atoms. The number of ether oxygens (including phenoxy) is 1. The maximum absolute atomic E-state index is 12.9. The molecule has 1 aromatic carbocycles. The van der Waals surface area contributed by atoms with Gasteiger partial charge in [0, 0.05) is 29.2 Å². The van der Waals surface area contributed by atoms with Gasteiger partial charge >= 0.3 is 0 Å². The van der Waals surface area contributed by atoms with Crippen LogP contribution in [0.2, 0.25) is 0 Å². The zero-order valence-electron chi connectivity index (χ0n) is 14.7. The first kappa shape index (κ1) is 17.7. The molecule has 2 aromatic heterocycles. The summed E-state index contributed by atoms with van der Waals surface area (Å²) < 4.78 is 6.65. The van der Waals surface area contributed by atoms with Gasteiger partial charge in [0.1, 0.15) is 0 Å². The standard InChI is InChI=1S/C20H22N2O2S2/c1-14-15-5-2-3-6-17(15)26-19(14)20(23)21-13-16(18-7-4-12-25-18)22-8-10-24-11-9-22/h2-7,12,16H,8-11,13H2,1H3,(H,21,23). The molecular formula is C20H22N2O2S2. The molecule has 0 saturated carbocycles. The van der Waals surface area contributed by atoms with Gasteiger partial charge in [-0.1, -0.05) is 24.3 Å². The van der Waals surface area contributed by atoms with Gasteiger partial charge < -0.3 is 10.1 Å². The summed E-state index contributed by atoms with van der Waals surface area (Å²) in [5.41, 5.74) is 1.07. The number of nitrogens with one attached hydrogen (secondary N) is 1. The molecule has 3 heterocycles. The maximum atomic E-state index is 12.9.